The van der Waals surface area contributed by atoms with Gasteiger partial charge in [-0.3, -0.25) is 4.31 Å². The van der Waals surface area contributed by atoms with Crippen LogP contribution in [0.3, 0.4) is 0 Å². The summed E-state index contributed by atoms with van der Waals surface area (Å²) in [6, 6.07) is 10.5. The highest BCUT2D eigenvalue weighted by Gasteiger charge is 2.25. The lowest BCUT2D eigenvalue weighted by Gasteiger charge is -2.35. The van der Waals surface area contributed by atoms with Crippen molar-refractivity contribution >= 4 is 35.1 Å². The van der Waals surface area contributed by atoms with Crippen molar-refractivity contribution in [1.82, 2.24) is 19.9 Å². The molecule has 0 bridgehead atoms. The monoisotopic (exact) mass is 445 g/mol. The molecule has 7 nitrogen and oxygen atoms in total. The summed E-state index contributed by atoms with van der Waals surface area (Å²) in [6.45, 7) is 11.0. The van der Waals surface area contributed by atoms with Crippen LogP contribution in [0.4, 0.5) is 23.1 Å². The third-order valence-corrected chi connectivity index (χ3v) is 6.87. The Bertz CT molecular complexity index is 1140. The van der Waals surface area contributed by atoms with Gasteiger partial charge in [0.1, 0.15) is 5.82 Å². The molecule has 0 unspecified atom stereocenters. The van der Waals surface area contributed by atoms with Crippen molar-refractivity contribution in [2.45, 2.75) is 11.8 Å². The summed E-state index contributed by atoms with van der Waals surface area (Å²) in [5, 5.41) is 3.39. The zero-order valence-electron chi connectivity index (χ0n) is 18.5. The summed E-state index contributed by atoms with van der Waals surface area (Å²) in [4.78, 5) is 19.8. The molecule has 0 atom stereocenters. The molecule has 0 spiro atoms. The number of aryl methyl sites for hydroxylation is 1. The Morgan fingerprint density at radius 2 is 2.00 bits per heavy atom. The largest absolute Gasteiger partial charge is 0.369 e. The summed E-state index contributed by atoms with van der Waals surface area (Å²) < 4.78 is 2.11. The standard InChI is InChI=1S/C24H27N7S/c1-4-10-31-23-19(6-5-9-25-23)22-21(32-31)16-26-24(28-22)27-18-7-8-20(17(2)15-18)30-13-11-29(3)12-14-30/h4-9,15-16H,1,10-14H2,2-3H3,(H,26,27,28). The van der Waals surface area contributed by atoms with Crippen LogP contribution in [0.2, 0.25) is 0 Å². The molecule has 0 saturated carbocycles. The second kappa shape index (κ2) is 8.80. The summed E-state index contributed by atoms with van der Waals surface area (Å²) in [7, 11) is 2.18. The first kappa shape index (κ1) is 20.8. The van der Waals surface area contributed by atoms with E-state index in [1.54, 1.807) is 11.9 Å². The highest BCUT2D eigenvalue weighted by Crippen LogP contribution is 2.44. The maximum Gasteiger partial charge on any atom is 0.227 e. The number of benzene rings is 1. The molecule has 1 fully saturated rings. The third kappa shape index (κ3) is 4.03. The predicted molar refractivity (Wildman–Crippen MR) is 133 cm³/mol. The quantitative estimate of drug-likeness (QED) is 0.459. The summed E-state index contributed by atoms with van der Waals surface area (Å²) in [5.41, 5.74) is 5.46. The van der Waals surface area contributed by atoms with Crippen LogP contribution in [-0.4, -0.2) is 59.6 Å². The minimum atomic E-state index is 0.586. The summed E-state index contributed by atoms with van der Waals surface area (Å²) in [5.74, 6) is 1.49. The van der Waals surface area contributed by atoms with Crippen molar-refractivity contribution < 1.29 is 0 Å². The molecular formula is C24H27N7S. The topological polar surface area (TPSA) is 60.4 Å². The number of pyridine rings is 1. The fraction of sp³-hybridized carbons (Fsp3) is 0.292. The van der Waals surface area contributed by atoms with E-state index in [2.05, 4.69) is 74.2 Å². The van der Waals surface area contributed by atoms with Crippen LogP contribution in [0.15, 0.2) is 60.3 Å². The van der Waals surface area contributed by atoms with Gasteiger partial charge in [-0.2, -0.15) is 0 Å². The van der Waals surface area contributed by atoms with Gasteiger partial charge in [-0.1, -0.05) is 6.08 Å². The molecule has 0 radical (unpaired) electrons. The van der Waals surface area contributed by atoms with Crippen LogP contribution in [-0.2, 0) is 0 Å². The molecule has 1 aromatic carbocycles. The number of piperazine rings is 1. The minimum absolute atomic E-state index is 0.586. The van der Waals surface area contributed by atoms with E-state index in [9.17, 15) is 0 Å². The van der Waals surface area contributed by atoms with Crippen molar-refractivity contribution in [2.75, 3.05) is 54.3 Å². The average molecular weight is 446 g/mol. The smallest absolute Gasteiger partial charge is 0.227 e. The first-order valence-corrected chi connectivity index (χ1v) is 11.6. The van der Waals surface area contributed by atoms with E-state index < -0.39 is 0 Å². The van der Waals surface area contributed by atoms with Crippen LogP contribution in [0, 0.1) is 6.92 Å². The highest BCUT2D eigenvalue weighted by molar-refractivity contribution is 8.00. The predicted octanol–water partition coefficient (Wildman–Crippen LogP) is 4.36. The Morgan fingerprint density at radius 1 is 1.16 bits per heavy atom. The normalized spacial score (nSPS) is 15.8. The van der Waals surface area contributed by atoms with Crippen LogP contribution in [0.5, 0.6) is 0 Å². The van der Waals surface area contributed by atoms with Gasteiger partial charge in [0.05, 0.1) is 10.6 Å². The van der Waals surface area contributed by atoms with Crippen molar-refractivity contribution in [2.24, 2.45) is 0 Å². The molecule has 0 aliphatic carbocycles. The fourth-order valence-electron chi connectivity index (χ4n) is 4.14. The van der Waals surface area contributed by atoms with E-state index in [1.807, 2.05) is 24.5 Å². The number of hydrogen-bond donors (Lipinski definition) is 1. The molecule has 164 valence electrons. The number of anilines is 4. The lowest BCUT2D eigenvalue weighted by atomic mass is 10.1. The fourth-order valence-corrected chi connectivity index (χ4v) is 5.13. The van der Waals surface area contributed by atoms with Crippen LogP contribution in [0.1, 0.15) is 5.56 Å². The highest BCUT2D eigenvalue weighted by atomic mass is 32.2. The van der Waals surface area contributed by atoms with Crippen LogP contribution < -0.4 is 14.5 Å². The minimum Gasteiger partial charge on any atom is -0.369 e. The van der Waals surface area contributed by atoms with Crippen LogP contribution >= 0.6 is 11.9 Å². The summed E-state index contributed by atoms with van der Waals surface area (Å²) >= 11 is 1.60. The second-order valence-electron chi connectivity index (χ2n) is 8.14. The van der Waals surface area contributed by atoms with Gasteiger partial charge in [0.2, 0.25) is 5.95 Å². The van der Waals surface area contributed by atoms with E-state index in [0.29, 0.717) is 12.5 Å². The van der Waals surface area contributed by atoms with Gasteiger partial charge in [0.15, 0.2) is 0 Å². The number of hydrogen-bond acceptors (Lipinski definition) is 8. The molecule has 3 aromatic rings. The van der Waals surface area contributed by atoms with Gasteiger partial charge in [-0.05, 0) is 61.8 Å². The van der Waals surface area contributed by atoms with Gasteiger partial charge >= 0.3 is 0 Å². The Balaban J connectivity index is 1.39. The van der Waals surface area contributed by atoms with E-state index in [4.69, 9.17) is 4.98 Å². The molecular weight excluding hydrogens is 418 g/mol. The summed E-state index contributed by atoms with van der Waals surface area (Å²) in [6.07, 6.45) is 5.57. The van der Waals surface area contributed by atoms with Crippen molar-refractivity contribution in [3.8, 4) is 11.3 Å². The Labute approximate surface area is 193 Å². The molecule has 32 heavy (non-hydrogen) atoms. The zero-order chi connectivity index (χ0) is 22.1. The first-order valence-electron chi connectivity index (χ1n) is 10.8. The maximum absolute atomic E-state index is 4.84. The third-order valence-electron chi connectivity index (χ3n) is 5.83. The molecule has 5 rings (SSSR count). The van der Waals surface area contributed by atoms with Gasteiger partial charge in [-0.25, -0.2) is 15.0 Å². The van der Waals surface area contributed by atoms with E-state index in [1.165, 1.54) is 11.3 Å². The molecule has 1 saturated heterocycles. The number of nitrogens with zero attached hydrogens (tertiary/aromatic N) is 6. The van der Waals surface area contributed by atoms with Crippen molar-refractivity contribution in [1.29, 1.82) is 0 Å². The number of rotatable bonds is 5. The Kier molecular flexibility index (Phi) is 5.71. The van der Waals surface area contributed by atoms with Gasteiger partial charge in [0, 0.05) is 62.1 Å². The van der Waals surface area contributed by atoms with E-state index in [-0.39, 0.29) is 0 Å². The number of aromatic nitrogens is 3. The molecule has 2 aromatic heterocycles. The number of likely N-dealkylation sites (N-methyl/N-ethyl adjacent to an activating group) is 1. The van der Waals surface area contributed by atoms with E-state index >= 15 is 0 Å². The second-order valence-corrected chi connectivity index (χ2v) is 9.20. The molecule has 4 heterocycles. The molecule has 2 aliphatic heterocycles. The average Bonchev–Trinajstić information content (AvgIpc) is 2.81. The van der Waals surface area contributed by atoms with Gasteiger partial charge < -0.3 is 15.1 Å². The Morgan fingerprint density at radius 3 is 2.78 bits per heavy atom. The number of fused-ring (bicyclic) bond motifs is 3. The lowest BCUT2D eigenvalue weighted by Crippen LogP contribution is -2.44. The van der Waals surface area contributed by atoms with Gasteiger partial charge in [-0.15, -0.1) is 6.58 Å². The lowest BCUT2D eigenvalue weighted by molar-refractivity contribution is 0.312. The molecule has 1 N–H and O–H groups in total. The maximum atomic E-state index is 4.84. The van der Waals surface area contributed by atoms with Crippen molar-refractivity contribution in [3.63, 3.8) is 0 Å². The van der Waals surface area contributed by atoms with Crippen LogP contribution in [0.25, 0.3) is 11.3 Å². The molecule has 8 heteroatoms. The molecule has 2 aliphatic rings. The Hall–Kier alpha value is -3.10. The zero-order valence-corrected chi connectivity index (χ0v) is 19.3. The van der Waals surface area contributed by atoms with E-state index in [0.717, 1.165) is 53.8 Å². The SMILES string of the molecule is C=CCN1Sc2cnc(Nc3ccc(N4CCN(C)CC4)c(C)c3)nc2-c2cccnc21. The van der Waals surface area contributed by atoms with Crippen molar-refractivity contribution in [3.05, 3.63) is 60.9 Å². The molecule has 0 amide bonds. The number of nitrogens with one attached hydrogen (secondary N) is 1. The van der Waals surface area contributed by atoms with Gasteiger partial charge in [0.25, 0.3) is 0 Å². The first-order chi connectivity index (χ1) is 15.6.